The molecule has 22 heavy (non-hydrogen) atoms. The van der Waals surface area contributed by atoms with E-state index >= 15 is 0 Å². The molecular weight excluding hydrogens is 302 g/mol. The zero-order valence-corrected chi connectivity index (χ0v) is 13.0. The quantitative estimate of drug-likeness (QED) is 0.828. The van der Waals surface area contributed by atoms with E-state index in [-0.39, 0.29) is 17.6 Å². The number of thiazole rings is 1. The van der Waals surface area contributed by atoms with Gasteiger partial charge in [-0.2, -0.15) is 0 Å². The van der Waals surface area contributed by atoms with E-state index in [1.165, 1.54) is 25.2 Å². The monoisotopic (exact) mass is 317 g/mol. The van der Waals surface area contributed by atoms with E-state index in [9.17, 15) is 14.4 Å². The molecule has 2 aromatic rings. The Morgan fingerprint density at radius 1 is 1.14 bits per heavy atom. The molecule has 0 aliphatic rings. The fourth-order valence-corrected chi connectivity index (χ4v) is 2.41. The summed E-state index contributed by atoms with van der Waals surface area (Å²) in [6, 6.07) is 6.89. The van der Waals surface area contributed by atoms with Gasteiger partial charge in [0, 0.05) is 31.3 Å². The van der Waals surface area contributed by atoms with Crippen molar-refractivity contribution in [3.8, 4) is 0 Å². The van der Waals surface area contributed by atoms with E-state index in [1.54, 1.807) is 29.6 Å². The molecule has 0 saturated heterocycles. The maximum Gasteiger partial charge on any atom is 0.257 e. The topological polar surface area (TPSA) is 88.2 Å². The van der Waals surface area contributed by atoms with Crippen LogP contribution in [0.25, 0.3) is 0 Å². The Balaban J connectivity index is 1.99. The van der Waals surface area contributed by atoms with Gasteiger partial charge in [-0.1, -0.05) is 12.1 Å². The van der Waals surface area contributed by atoms with Crippen molar-refractivity contribution in [2.45, 2.75) is 20.4 Å². The lowest BCUT2D eigenvalue weighted by atomic mass is 10.1. The van der Waals surface area contributed by atoms with Crippen molar-refractivity contribution in [3.63, 3.8) is 0 Å². The van der Waals surface area contributed by atoms with Gasteiger partial charge in [0.25, 0.3) is 5.91 Å². The molecule has 0 atom stereocenters. The lowest BCUT2D eigenvalue weighted by molar-refractivity contribution is -0.119. The molecule has 0 unspecified atom stereocenters. The number of nitrogens with zero attached hydrogens (tertiary/aromatic N) is 1. The smallest absolute Gasteiger partial charge is 0.257 e. The predicted octanol–water partition coefficient (Wildman–Crippen LogP) is 2.23. The predicted molar refractivity (Wildman–Crippen MR) is 84.0 cm³/mol. The summed E-state index contributed by atoms with van der Waals surface area (Å²) < 4.78 is 0. The van der Waals surface area contributed by atoms with Gasteiger partial charge in [0.05, 0.1) is 0 Å². The van der Waals surface area contributed by atoms with E-state index < -0.39 is 0 Å². The molecule has 1 heterocycles. The lowest BCUT2D eigenvalue weighted by Crippen LogP contribution is -2.19. The van der Waals surface area contributed by atoms with Crippen LogP contribution in [-0.2, 0) is 11.3 Å². The number of anilines is 1. The first-order chi connectivity index (χ1) is 10.5. The molecule has 0 spiro atoms. The average molecular weight is 317 g/mol. The van der Waals surface area contributed by atoms with Crippen molar-refractivity contribution in [2.24, 2.45) is 0 Å². The number of Topliss-reactive ketones (excluding diaryl/α,β-unsaturated/α-hetero) is 1. The van der Waals surface area contributed by atoms with Gasteiger partial charge in [-0.15, -0.1) is 11.3 Å². The molecule has 7 heteroatoms. The first kappa shape index (κ1) is 15.8. The third-order valence-electron chi connectivity index (χ3n) is 2.84. The van der Waals surface area contributed by atoms with Gasteiger partial charge in [-0.05, 0) is 17.7 Å². The minimum absolute atomic E-state index is 0.105. The van der Waals surface area contributed by atoms with Crippen LogP contribution in [-0.4, -0.2) is 22.6 Å². The maximum absolute atomic E-state index is 12.1. The van der Waals surface area contributed by atoms with E-state index in [0.717, 1.165) is 5.56 Å². The second-order valence-corrected chi connectivity index (χ2v) is 5.51. The molecule has 2 amide bonds. The summed E-state index contributed by atoms with van der Waals surface area (Å²) >= 11 is 1.20. The fourth-order valence-electron chi connectivity index (χ4n) is 1.66. The highest BCUT2D eigenvalue weighted by molar-refractivity contribution is 7.14. The van der Waals surface area contributed by atoms with Crippen LogP contribution in [0.15, 0.2) is 29.6 Å². The highest BCUT2D eigenvalue weighted by Gasteiger charge is 2.10. The number of amides is 2. The number of ketones is 1. The van der Waals surface area contributed by atoms with E-state index in [2.05, 4.69) is 15.6 Å². The molecule has 6 nitrogen and oxygen atoms in total. The standard InChI is InChI=1S/C15H15N3O3S/c1-9(19)13-8-22-15(17-13)18-14(21)12-5-3-11(4-6-12)7-16-10(2)20/h3-6,8H,7H2,1-2H3,(H,16,20)(H,17,18,21). The summed E-state index contributed by atoms with van der Waals surface area (Å²) in [6.45, 7) is 3.30. The molecule has 114 valence electrons. The van der Waals surface area contributed by atoms with Crippen LogP contribution in [0.5, 0.6) is 0 Å². The third kappa shape index (κ3) is 4.23. The first-order valence-corrected chi connectivity index (χ1v) is 7.45. The summed E-state index contributed by atoms with van der Waals surface area (Å²) in [5.74, 6) is -0.540. The number of rotatable bonds is 5. The molecule has 0 aliphatic carbocycles. The molecule has 0 radical (unpaired) electrons. The second-order valence-electron chi connectivity index (χ2n) is 4.65. The van der Waals surface area contributed by atoms with Crippen LogP contribution in [0.3, 0.4) is 0 Å². The van der Waals surface area contributed by atoms with Crippen LogP contribution in [0.4, 0.5) is 5.13 Å². The maximum atomic E-state index is 12.1. The van der Waals surface area contributed by atoms with E-state index in [0.29, 0.717) is 22.9 Å². The van der Waals surface area contributed by atoms with Crippen molar-refractivity contribution in [1.82, 2.24) is 10.3 Å². The number of aromatic nitrogens is 1. The summed E-state index contributed by atoms with van der Waals surface area (Å²) in [5.41, 5.74) is 1.72. The van der Waals surface area contributed by atoms with Gasteiger partial charge in [-0.3, -0.25) is 19.7 Å². The zero-order valence-electron chi connectivity index (χ0n) is 12.2. The molecular formula is C15H15N3O3S. The number of hydrogen-bond donors (Lipinski definition) is 2. The minimum atomic E-state index is -0.296. The van der Waals surface area contributed by atoms with Crippen molar-refractivity contribution < 1.29 is 14.4 Å². The van der Waals surface area contributed by atoms with Crippen molar-refractivity contribution in [2.75, 3.05) is 5.32 Å². The number of benzene rings is 1. The zero-order chi connectivity index (χ0) is 16.1. The Bertz CT molecular complexity index is 707. The van der Waals surface area contributed by atoms with Crippen LogP contribution < -0.4 is 10.6 Å². The van der Waals surface area contributed by atoms with Gasteiger partial charge in [0.1, 0.15) is 5.69 Å². The van der Waals surface area contributed by atoms with Crippen molar-refractivity contribution >= 4 is 34.1 Å². The first-order valence-electron chi connectivity index (χ1n) is 6.57. The number of carbonyl (C=O) groups is 3. The van der Waals surface area contributed by atoms with Gasteiger partial charge in [0.15, 0.2) is 10.9 Å². The summed E-state index contributed by atoms with van der Waals surface area (Å²) in [5, 5.41) is 7.33. The highest BCUT2D eigenvalue weighted by atomic mass is 32.1. The van der Waals surface area contributed by atoms with Crippen LogP contribution >= 0.6 is 11.3 Å². The molecule has 0 saturated carbocycles. The van der Waals surface area contributed by atoms with Crippen molar-refractivity contribution in [3.05, 3.63) is 46.5 Å². The van der Waals surface area contributed by atoms with Crippen LogP contribution in [0.1, 0.15) is 40.3 Å². The molecule has 1 aromatic heterocycles. The largest absolute Gasteiger partial charge is 0.352 e. The van der Waals surface area contributed by atoms with E-state index in [1.807, 2.05) is 0 Å². The van der Waals surface area contributed by atoms with Gasteiger partial charge in [-0.25, -0.2) is 4.98 Å². The Morgan fingerprint density at radius 2 is 1.82 bits per heavy atom. The van der Waals surface area contributed by atoms with Crippen molar-refractivity contribution in [1.29, 1.82) is 0 Å². The van der Waals surface area contributed by atoms with Crippen LogP contribution in [0.2, 0.25) is 0 Å². The second kappa shape index (κ2) is 6.95. The molecule has 0 fully saturated rings. The molecule has 0 bridgehead atoms. The lowest BCUT2D eigenvalue weighted by Gasteiger charge is -2.05. The van der Waals surface area contributed by atoms with Gasteiger partial charge in [0.2, 0.25) is 5.91 Å². The molecule has 2 rings (SSSR count). The fraction of sp³-hybridized carbons (Fsp3) is 0.200. The Hall–Kier alpha value is -2.54. The summed E-state index contributed by atoms with van der Waals surface area (Å²) in [7, 11) is 0. The minimum Gasteiger partial charge on any atom is -0.352 e. The van der Waals surface area contributed by atoms with E-state index in [4.69, 9.17) is 0 Å². The third-order valence-corrected chi connectivity index (χ3v) is 3.60. The Morgan fingerprint density at radius 3 is 2.36 bits per heavy atom. The Labute approximate surface area is 131 Å². The van der Waals surface area contributed by atoms with Gasteiger partial charge >= 0.3 is 0 Å². The summed E-state index contributed by atoms with van der Waals surface area (Å²) in [6.07, 6.45) is 0. The average Bonchev–Trinajstić information content (AvgIpc) is 2.94. The normalized spacial score (nSPS) is 10.1. The highest BCUT2D eigenvalue weighted by Crippen LogP contribution is 2.17. The van der Waals surface area contributed by atoms with Crippen LogP contribution in [0, 0.1) is 0 Å². The number of hydrogen-bond acceptors (Lipinski definition) is 5. The Kier molecular flexibility index (Phi) is 5.00. The molecule has 2 N–H and O–H groups in total. The SMILES string of the molecule is CC(=O)NCc1ccc(C(=O)Nc2nc(C(C)=O)cs2)cc1. The van der Waals surface area contributed by atoms with Gasteiger partial charge < -0.3 is 5.32 Å². The number of carbonyl (C=O) groups excluding carboxylic acids is 3. The summed E-state index contributed by atoms with van der Waals surface area (Å²) in [4.78, 5) is 38.1. The molecule has 1 aromatic carbocycles. The number of nitrogens with one attached hydrogen (secondary N) is 2. The molecule has 0 aliphatic heterocycles.